The molecule has 0 aliphatic carbocycles. The lowest BCUT2D eigenvalue weighted by atomic mass is 10.1. The summed E-state index contributed by atoms with van der Waals surface area (Å²) in [5, 5.41) is 0. The summed E-state index contributed by atoms with van der Waals surface area (Å²) in [7, 11) is -3.78. The molecule has 3 aromatic rings. The van der Waals surface area contributed by atoms with E-state index < -0.39 is 22.6 Å². The molecular weight excluding hydrogens is 460 g/mol. The van der Waals surface area contributed by atoms with Gasteiger partial charge in [-0.2, -0.15) is 0 Å². The lowest BCUT2D eigenvalue weighted by molar-refractivity contribution is -0.142. The number of furan rings is 1. The number of hydrogen-bond donors (Lipinski definition) is 1. The summed E-state index contributed by atoms with van der Waals surface area (Å²) in [6, 6.07) is 11.4. The van der Waals surface area contributed by atoms with Crippen LogP contribution in [0.2, 0.25) is 0 Å². The molecule has 0 amide bonds. The molecule has 182 valence electrons. The van der Waals surface area contributed by atoms with Crippen LogP contribution >= 0.6 is 0 Å². The van der Waals surface area contributed by atoms with Gasteiger partial charge in [0.1, 0.15) is 11.5 Å². The van der Waals surface area contributed by atoms with Crippen molar-refractivity contribution in [1.82, 2.24) is 9.29 Å². The van der Waals surface area contributed by atoms with Crippen LogP contribution in [-0.2, 0) is 26.1 Å². The highest BCUT2D eigenvalue weighted by Gasteiger charge is 2.19. The van der Waals surface area contributed by atoms with Crippen molar-refractivity contribution < 1.29 is 31.9 Å². The van der Waals surface area contributed by atoms with Gasteiger partial charge in [-0.05, 0) is 63.2 Å². The number of carbonyl (C=O) groups is 2. The maximum atomic E-state index is 12.6. The number of carbonyl (C=O) groups excluding carboxylic acids is 2. The van der Waals surface area contributed by atoms with Gasteiger partial charge < -0.3 is 18.5 Å². The number of esters is 1. The van der Waals surface area contributed by atoms with Gasteiger partial charge in [-0.1, -0.05) is 0 Å². The lowest BCUT2D eigenvalue weighted by Crippen LogP contribution is -2.27. The van der Waals surface area contributed by atoms with Crippen molar-refractivity contribution in [2.75, 3.05) is 19.8 Å². The number of benzene rings is 1. The second-order valence-corrected chi connectivity index (χ2v) is 9.35. The van der Waals surface area contributed by atoms with E-state index >= 15 is 0 Å². The van der Waals surface area contributed by atoms with Gasteiger partial charge in [0.15, 0.2) is 6.61 Å². The van der Waals surface area contributed by atoms with E-state index in [2.05, 4.69) is 4.72 Å². The number of aryl methyl sites for hydroxylation is 1. The van der Waals surface area contributed by atoms with Gasteiger partial charge in [-0.25, -0.2) is 13.1 Å². The number of ketones is 1. The van der Waals surface area contributed by atoms with E-state index in [0.29, 0.717) is 24.5 Å². The Morgan fingerprint density at radius 3 is 2.50 bits per heavy atom. The van der Waals surface area contributed by atoms with Crippen molar-refractivity contribution in [3.05, 3.63) is 71.4 Å². The number of sulfonamides is 1. The van der Waals surface area contributed by atoms with Crippen LogP contribution in [0.3, 0.4) is 0 Å². The van der Waals surface area contributed by atoms with Crippen molar-refractivity contribution in [3.8, 4) is 5.75 Å². The fraction of sp³-hybridized carbons (Fsp3) is 0.333. The minimum Gasteiger partial charge on any atom is -0.494 e. The lowest BCUT2D eigenvalue weighted by Gasteiger charge is -2.09. The highest BCUT2D eigenvalue weighted by Crippen LogP contribution is 2.18. The van der Waals surface area contributed by atoms with E-state index in [4.69, 9.17) is 13.9 Å². The Hall–Kier alpha value is -3.37. The molecule has 0 bridgehead atoms. The fourth-order valence-electron chi connectivity index (χ4n) is 3.43. The number of nitrogens with one attached hydrogen (secondary N) is 1. The van der Waals surface area contributed by atoms with Crippen LogP contribution in [0.5, 0.6) is 5.75 Å². The largest absolute Gasteiger partial charge is 0.494 e. The van der Waals surface area contributed by atoms with Crippen LogP contribution in [-0.4, -0.2) is 44.5 Å². The first-order valence-corrected chi connectivity index (χ1v) is 12.3. The molecule has 0 fully saturated rings. The maximum Gasteiger partial charge on any atom is 0.307 e. The molecule has 3 rings (SSSR count). The van der Waals surface area contributed by atoms with E-state index in [1.807, 2.05) is 31.4 Å². The SMILES string of the molecule is CCOc1ccc(S(=O)(=O)NCCC(=O)OCC(=O)c2cc(C)n(Cc3ccco3)c2C)cc1. The van der Waals surface area contributed by atoms with Crippen LogP contribution in [0.4, 0.5) is 0 Å². The van der Waals surface area contributed by atoms with Gasteiger partial charge in [0.05, 0.1) is 30.7 Å². The molecule has 0 unspecified atom stereocenters. The molecule has 9 nitrogen and oxygen atoms in total. The molecule has 0 spiro atoms. The zero-order valence-electron chi connectivity index (χ0n) is 19.4. The third-order valence-corrected chi connectivity index (χ3v) is 6.68. The van der Waals surface area contributed by atoms with Gasteiger partial charge in [-0.3, -0.25) is 9.59 Å². The molecule has 10 heteroatoms. The highest BCUT2D eigenvalue weighted by atomic mass is 32.2. The molecule has 34 heavy (non-hydrogen) atoms. The first kappa shape index (κ1) is 25.3. The Morgan fingerprint density at radius 1 is 1.12 bits per heavy atom. The van der Waals surface area contributed by atoms with E-state index in [1.165, 1.54) is 12.1 Å². The first-order chi connectivity index (χ1) is 16.2. The van der Waals surface area contributed by atoms with E-state index in [9.17, 15) is 18.0 Å². The molecule has 0 aliphatic rings. The highest BCUT2D eigenvalue weighted by molar-refractivity contribution is 7.89. The third-order valence-electron chi connectivity index (χ3n) is 5.20. The second-order valence-electron chi connectivity index (χ2n) is 7.59. The van der Waals surface area contributed by atoms with Crippen molar-refractivity contribution in [2.45, 2.75) is 38.6 Å². The quantitative estimate of drug-likeness (QED) is 0.307. The molecule has 1 N–H and O–H groups in total. The average molecular weight is 489 g/mol. The summed E-state index contributed by atoms with van der Waals surface area (Å²) in [5.74, 6) is 0.325. The maximum absolute atomic E-state index is 12.6. The Balaban J connectivity index is 1.48. The Kier molecular flexibility index (Phi) is 8.30. The van der Waals surface area contributed by atoms with Crippen molar-refractivity contribution in [3.63, 3.8) is 0 Å². The van der Waals surface area contributed by atoms with Crippen LogP contribution < -0.4 is 9.46 Å². The van der Waals surface area contributed by atoms with Gasteiger partial charge in [-0.15, -0.1) is 0 Å². The number of aromatic nitrogens is 1. The molecule has 0 radical (unpaired) electrons. The number of ether oxygens (including phenoxy) is 2. The summed E-state index contributed by atoms with van der Waals surface area (Å²) < 4.78 is 44.7. The molecule has 2 heterocycles. The predicted molar refractivity (Wildman–Crippen MR) is 124 cm³/mol. The predicted octanol–water partition coefficient (Wildman–Crippen LogP) is 3.24. The van der Waals surface area contributed by atoms with Gasteiger partial charge >= 0.3 is 5.97 Å². The van der Waals surface area contributed by atoms with Crippen molar-refractivity contribution in [2.24, 2.45) is 0 Å². The third kappa shape index (κ3) is 6.36. The normalized spacial score (nSPS) is 11.4. The van der Waals surface area contributed by atoms with E-state index in [0.717, 1.165) is 17.1 Å². The summed E-state index contributed by atoms with van der Waals surface area (Å²) in [6.45, 7) is 5.93. The monoisotopic (exact) mass is 488 g/mol. The van der Waals surface area contributed by atoms with Crippen LogP contribution in [0.15, 0.2) is 58.0 Å². The topological polar surface area (TPSA) is 117 Å². The molecule has 2 aromatic heterocycles. The summed E-state index contributed by atoms with van der Waals surface area (Å²) >= 11 is 0. The van der Waals surface area contributed by atoms with Crippen molar-refractivity contribution >= 4 is 21.8 Å². The van der Waals surface area contributed by atoms with Gasteiger partial charge in [0, 0.05) is 23.5 Å². The zero-order chi connectivity index (χ0) is 24.7. The second kappa shape index (κ2) is 11.2. The van der Waals surface area contributed by atoms with E-state index in [-0.39, 0.29) is 23.6 Å². The number of rotatable bonds is 12. The Bertz CT molecular complexity index is 1230. The fourth-order valence-corrected chi connectivity index (χ4v) is 4.47. The molecule has 0 saturated carbocycles. The molecule has 1 aromatic carbocycles. The van der Waals surface area contributed by atoms with Gasteiger partial charge in [0.25, 0.3) is 0 Å². The number of nitrogens with zero attached hydrogens (tertiary/aromatic N) is 1. The molecule has 0 saturated heterocycles. The van der Waals surface area contributed by atoms with Crippen LogP contribution in [0.25, 0.3) is 0 Å². The zero-order valence-corrected chi connectivity index (χ0v) is 20.2. The minimum atomic E-state index is -3.78. The summed E-state index contributed by atoms with van der Waals surface area (Å²) in [5.41, 5.74) is 2.10. The van der Waals surface area contributed by atoms with E-state index in [1.54, 1.807) is 30.5 Å². The van der Waals surface area contributed by atoms with Crippen LogP contribution in [0.1, 0.15) is 40.9 Å². The first-order valence-electron chi connectivity index (χ1n) is 10.8. The van der Waals surface area contributed by atoms with Crippen LogP contribution in [0, 0.1) is 13.8 Å². The summed E-state index contributed by atoms with van der Waals surface area (Å²) in [6.07, 6.45) is 1.38. The Labute approximate surface area is 198 Å². The average Bonchev–Trinajstić information content (AvgIpc) is 3.42. The summed E-state index contributed by atoms with van der Waals surface area (Å²) in [4.78, 5) is 24.7. The molecule has 0 aliphatic heterocycles. The molecular formula is C24H28N2O7S. The Morgan fingerprint density at radius 2 is 1.85 bits per heavy atom. The smallest absolute Gasteiger partial charge is 0.307 e. The van der Waals surface area contributed by atoms with Crippen molar-refractivity contribution in [1.29, 1.82) is 0 Å². The standard InChI is InChI=1S/C24H28N2O7S/c1-4-31-19-7-9-21(10-8-19)34(29,30)25-12-11-24(28)33-16-23(27)22-14-17(2)26(18(22)3)15-20-6-5-13-32-20/h5-10,13-14,25H,4,11-12,15-16H2,1-3H3. The minimum absolute atomic E-state index is 0.0596. The molecule has 0 atom stereocenters. The number of hydrogen-bond acceptors (Lipinski definition) is 7. The van der Waals surface area contributed by atoms with Gasteiger partial charge in [0.2, 0.25) is 15.8 Å². The number of Topliss-reactive ketones (excluding diaryl/α,β-unsaturated/α-hetero) is 1.